The predicted octanol–water partition coefficient (Wildman–Crippen LogP) is 3.79. The fourth-order valence-electron chi connectivity index (χ4n) is 2.70. The fourth-order valence-corrected chi connectivity index (χ4v) is 2.92. The minimum Gasteiger partial charge on any atom is -0.327 e. The highest BCUT2D eigenvalue weighted by Crippen LogP contribution is 2.29. The molecule has 0 heterocycles. The molecule has 0 amide bonds. The number of halogens is 1. The van der Waals surface area contributed by atoms with Crippen LogP contribution in [0.15, 0.2) is 24.3 Å². The van der Waals surface area contributed by atoms with Crippen LogP contribution >= 0.6 is 11.6 Å². The third kappa shape index (κ3) is 3.23. The van der Waals surface area contributed by atoms with E-state index < -0.39 is 0 Å². The summed E-state index contributed by atoms with van der Waals surface area (Å²) in [6.45, 7) is 0. The Bertz CT molecular complexity index is 331. The first-order valence-corrected chi connectivity index (χ1v) is 6.62. The van der Waals surface area contributed by atoms with Crippen molar-refractivity contribution in [2.75, 3.05) is 0 Å². The van der Waals surface area contributed by atoms with Gasteiger partial charge in [0.1, 0.15) is 0 Å². The highest BCUT2D eigenvalue weighted by Gasteiger charge is 2.18. The third-order valence-electron chi connectivity index (χ3n) is 3.55. The van der Waals surface area contributed by atoms with E-state index >= 15 is 0 Å². The number of hydrogen-bond acceptors (Lipinski definition) is 1. The highest BCUT2D eigenvalue weighted by molar-refractivity contribution is 6.31. The smallest absolute Gasteiger partial charge is 0.0438 e. The zero-order valence-corrected chi connectivity index (χ0v) is 10.4. The van der Waals surface area contributed by atoms with Crippen molar-refractivity contribution < 1.29 is 0 Å². The van der Waals surface area contributed by atoms with E-state index in [9.17, 15) is 0 Å². The van der Waals surface area contributed by atoms with Crippen LogP contribution in [0.25, 0.3) is 0 Å². The van der Waals surface area contributed by atoms with Gasteiger partial charge in [0.05, 0.1) is 0 Å². The summed E-state index contributed by atoms with van der Waals surface area (Å²) in [6, 6.07) is 8.29. The zero-order valence-electron chi connectivity index (χ0n) is 9.66. The van der Waals surface area contributed by atoms with Crippen LogP contribution in [0.3, 0.4) is 0 Å². The Morgan fingerprint density at radius 3 is 2.62 bits per heavy atom. The predicted molar refractivity (Wildman–Crippen MR) is 69.7 cm³/mol. The maximum atomic E-state index is 6.20. The van der Waals surface area contributed by atoms with Gasteiger partial charge >= 0.3 is 0 Å². The fraction of sp³-hybridized carbons (Fsp3) is 0.571. The van der Waals surface area contributed by atoms with Crippen molar-refractivity contribution in [3.05, 3.63) is 34.9 Å². The molecule has 2 N–H and O–H groups in total. The van der Waals surface area contributed by atoms with Crippen LogP contribution < -0.4 is 5.73 Å². The standard InChI is InChI=1S/C14H20ClN/c15-14-8-4-3-7-12(14)10-13(16)9-11-5-1-2-6-11/h3-4,7-8,11,13H,1-2,5-6,9-10,16H2. The Balaban J connectivity index is 1.86. The molecule has 16 heavy (non-hydrogen) atoms. The maximum Gasteiger partial charge on any atom is 0.0438 e. The van der Waals surface area contributed by atoms with E-state index in [0.717, 1.165) is 23.8 Å². The lowest BCUT2D eigenvalue weighted by molar-refractivity contribution is 0.440. The maximum absolute atomic E-state index is 6.20. The summed E-state index contributed by atoms with van der Waals surface area (Å²) < 4.78 is 0. The molecule has 0 aromatic heterocycles. The molecular weight excluding hydrogens is 218 g/mol. The normalized spacial score (nSPS) is 18.9. The van der Waals surface area contributed by atoms with Crippen molar-refractivity contribution in [3.8, 4) is 0 Å². The van der Waals surface area contributed by atoms with Gasteiger partial charge in [0.15, 0.2) is 0 Å². The van der Waals surface area contributed by atoms with Crippen molar-refractivity contribution in [1.82, 2.24) is 0 Å². The van der Waals surface area contributed by atoms with E-state index in [-0.39, 0.29) is 6.04 Å². The number of nitrogens with two attached hydrogens (primary N) is 1. The molecule has 1 aliphatic rings. The Hall–Kier alpha value is -0.530. The van der Waals surface area contributed by atoms with E-state index in [4.69, 9.17) is 17.3 Å². The summed E-state index contributed by atoms with van der Waals surface area (Å²) in [5.74, 6) is 0.859. The molecule has 1 aromatic carbocycles. The monoisotopic (exact) mass is 237 g/mol. The molecule has 0 spiro atoms. The number of benzene rings is 1. The van der Waals surface area contributed by atoms with Crippen LogP contribution in [0.2, 0.25) is 5.02 Å². The summed E-state index contributed by atoms with van der Waals surface area (Å²) in [5.41, 5.74) is 7.39. The van der Waals surface area contributed by atoms with Crippen LogP contribution in [0, 0.1) is 5.92 Å². The third-order valence-corrected chi connectivity index (χ3v) is 3.92. The second-order valence-corrected chi connectivity index (χ2v) is 5.35. The molecule has 1 atom stereocenters. The molecule has 0 aliphatic heterocycles. The summed E-state index contributed by atoms with van der Waals surface area (Å²) in [7, 11) is 0. The van der Waals surface area contributed by atoms with Crippen molar-refractivity contribution >= 4 is 11.6 Å². The molecule has 0 bridgehead atoms. The lowest BCUT2D eigenvalue weighted by Crippen LogP contribution is -2.25. The van der Waals surface area contributed by atoms with Gasteiger partial charge in [-0.3, -0.25) is 0 Å². The van der Waals surface area contributed by atoms with E-state index in [1.165, 1.54) is 31.2 Å². The van der Waals surface area contributed by atoms with Crippen molar-refractivity contribution in [3.63, 3.8) is 0 Å². The molecule has 1 nitrogen and oxygen atoms in total. The van der Waals surface area contributed by atoms with Gasteiger partial charge in [0.25, 0.3) is 0 Å². The molecule has 2 rings (SSSR count). The SMILES string of the molecule is NC(Cc1ccccc1Cl)CC1CCCC1. The minimum atomic E-state index is 0.267. The van der Waals surface area contributed by atoms with Gasteiger partial charge in [-0.2, -0.15) is 0 Å². The second kappa shape index (κ2) is 5.70. The summed E-state index contributed by atoms with van der Waals surface area (Å²) in [5, 5.41) is 0.851. The minimum absolute atomic E-state index is 0.267. The summed E-state index contributed by atoms with van der Waals surface area (Å²) >= 11 is 6.13. The Morgan fingerprint density at radius 2 is 1.94 bits per heavy atom. The molecule has 1 saturated carbocycles. The van der Waals surface area contributed by atoms with Gasteiger partial charge in [-0.25, -0.2) is 0 Å². The van der Waals surface area contributed by atoms with E-state index in [1.54, 1.807) is 0 Å². The first-order chi connectivity index (χ1) is 7.75. The molecule has 0 saturated heterocycles. The molecule has 1 fully saturated rings. The highest BCUT2D eigenvalue weighted by atomic mass is 35.5. The quantitative estimate of drug-likeness (QED) is 0.847. The first kappa shape index (κ1) is 11.9. The Morgan fingerprint density at radius 1 is 1.25 bits per heavy atom. The van der Waals surface area contributed by atoms with E-state index in [0.29, 0.717) is 0 Å². The number of hydrogen-bond donors (Lipinski definition) is 1. The van der Waals surface area contributed by atoms with Gasteiger partial charge in [-0.05, 0) is 30.4 Å². The van der Waals surface area contributed by atoms with Gasteiger partial charge in [0, 0.05) is 11.1 Å². The van der Waals surface area contributed by atoms with Crippen LogP contribution in [-0.4, -0.2) is 6.04 Å². The number of rotatable bonds is 4. The molecule has 1 aliphatic carbocycles. The van der Waals surface area contributed by atoms with Crippen molar-refractivity contribution in [2.45, 2.75) is 44.6 Å². The molecule has 2 heteroatoms. The average molecular weight is 238 g/mol. The second-order valence-electron chi connectivity index (χ2n) is 4.94. The Labute approximate surface area is 103 Å². The van der Waals surface area contributed by atoms with Crippen LogP contribution in [-0.2, 0) is 6.42 Å². The molecule has 88 valence electrons. The topological polar surface area (TPSA) is 26.0 Å². The lowest BCUT2D eigenvalue weighted by Gasteiger charge is -2.16. The molecule has 1 unspecified atom stereocenters. The van der Waals surface area contributed by atoms with Gasteiger partial charge < -0.3 is 5.73 Å². The largest absolute Gasteiger partial charge is 0.327 e. The first-order valence-electron chi connectivity index (χ1n) is 6.24. The van der Waals surface area contributed by atoms with Crippen molar-refractivity contribution in [2.24, 2.45) is 11.7 Å². The summed E-state index contributed by atoms with van der Waals surface area (Å²) in [4.78, 5) is 0. The molecular formula is C14H20ClN. The Kier molecular flexibility index (Phi) is 4.25. The van der Waals surface area contributed by atoms with Crippen LogP contribution in [0.5, 0.6) is 0 Å². The molecule has 1 aromatic rings. The van der Waals surface area contributed by atoms with E-state index in [2.05, 4.69) is 6.07 Å². The van der Waals surface area contributed by atoms with Crippen LogP contribution in [0.1, 0.15) is 37.7 Å². The summed E-state index contributed by atoms with van der Waals surface area (Å²) in [6.07, 6.45) is 7.60. The van der Waals surface area contributed by atoms with E-state index in [1.807, 2.05) is 18.2 Å². The average Bonchev–Trinajstić information content (AvgIpc) is 2.74. The molecule has 0 radical (unpaired) electrons. The van der Waals surface area contributed by atoms with Crippen LogP contribution in [0.4, 0.5) is 0 Å². The lowest BCUT2D eigenvalue weighted by atomic mass is 9.94. The van der Waals surface area contributed by atoms with Gasteiger partial charge in [0.2, 0.25) is 0 Å². The van der Waals surface area contributed by atoms with Crippen molar-refractivity contribution in [1.29, 1.82) is 0 Å². The van der Waals surface area contributed by atoms with Gasteiger partial charge in [-0.1, -0.05) is 55.5 Å². The van der Waals surface area contributed by atoms with Gasteiger partial charge in [-0.15, -0.1) is 0 Å². The zero-order chi connectivity index (χ0) is 11.4.